The Hall–Kier alpha value is -2.32. The van der Waals surface area contributed by atoms with Crippen LogP contribution in [0.1, 0.15) is 30.6 Å². The first-order valence-electron chi connectivity index (χ1n) is 9.96. The van der Waals surface area contributed by atoms with Crippen LogP contribution in [0.3, 0.4) is 0 Å². The Labute approximate surface area is 175 Å². The predicted molar refractivity (Wildman–Crippen MR) is 115 cm³/mol. The molecular formula is C21H28N4O3S. The van der Waals surface area contributed by atoms with E-state index < -0.39 is 0 Å². The molecule has 0 aliphatic carbocycles. The third-order valence-corrected chi connectivity index (χ3v) is 5.81. The number of carbonyl (C=O) groups is 2. The van der Waals surface area contributed by atoms with Crippen molar-refractivity contribution in [2.45, 2.75) is 38.8 Å². The average molecular weight is 417 g/mol. The highest BCUT2D eigenvalue weighted by Crippen LogP contribution is 2.19. The van der Waals surface area contributed by atoms with Gasteiger partial charge in [0, 0.05) is 25.2 Å². The molecule has 1 aromatic heterocycles. The molecule has 3 rings (SSSR count). The van der Waals surface area contributed by atoms with Crippen molar-refractivity contribution in [1.29, 1.82) is 0 Å². The van der Waals surface area contributed by atoms with Crippen molar-refractivity contribution in [2.24, 2.45) is 0 Å². The molecule has 1 fully saturated rings. The number of nitrogens with one attached hydrogen (secondary N) is 2. The number of rotatable bonds is 9. The Kier molecular flexibility index (Phi) is 8.13. The maximum atomic E-state index is 12.2. The smallest absolute Gasteiger partial charge is 0.235 e. The fourth-order valence-corrected chi connectivity index (χ4v) is 4.09. The lowest BCUT2D eigenvalue weighted by Gasteiger charge is -2.35. The van der Waals surface area contributed by atoms with Gasteiger partial charge in [-0.3, -0.25) is 14.5 Å². The molecule has 29 heavy (non-hydrogen) atoms. The van der Waals surface area contributed by atoms with E-state index in [0.29, 0.717) is 24.2 Å². The molecule has 1 aromatic carbocycles. The van der Waals surface area contributed by atoms with Gasteiger partial charge in [-0.2, -0.15) is 0 Å². The van der Waals surface area contributed by atoms with Gasteiger partial charge >= 0.3 is 0 Å². The molecular weight excluding hydrogens is 388 g/mol. The van der Waals surface area contributed by atoms with Crippen LogP contribution in [0.2, 0.25) is 0 Å². The van der Waals surface area contributed by atoms with Crippen LogP contribution in [-0.4, -0.2) is 52.5 Å². The quantitative estimate of drug-likeness (QED) is 0.654. The van der Waals surface area contributed by atoms with Gasteiger partial charge in [-0.15, -0.1) is 11.8 Å². The van der Waals surface area contributed by atoms with Crippen LogP contribution in [0.4, 0.5) is 5.82 Å². The maximum Gasteiger partial charge on any atom is 0.235 e. The second-order valence-electron chi connectivity index (χ2n) is 7.27. The molecule has 2 N–H and O–H groups in total. The zero-order valence-corrected chi connectivity index (χ0v) is 17.5. The lowest BCUT2D eigenvalue weighted by Crippen LogP contribution is -2.46. The fourth-order valence-electron chi connectivity index (χ4n) is 3.44. The summed E-state index contributed by atoms with van der Waals surface area (Å²) in [6, 6.07) is 12.5. The molecule has 1 aliphatic rings. The standard InChI is InChI=1S/C21H28N4O3S/c1-16-11-19(24-28-16)23-21(27)15-29-14-20(26)22-12-18-9-5-6-10-25(18)13-17-7-3-2-4-8-17/h2-4,7-8,11,18H,5-6,9-10,12-15H2,1H3,(H,22,26)(H,23,24,27). The summed E-state index contributed by atoms with van der Waals surface area (Å²) in [4.78, 5) is 26.5. The molecule has 7 nitrogen and oxygen atoms in total. The molecule has 8 heteroatoms. The highest BCUT2D eigenvalue weighted by atomic mass is 32.2. The van der Waals surface area contributed by atoms with Crippen molar-refractivity contribution < 1.29 is 14.1 Å². The molecule has 1 saturated heterocycles. The molecule has 1 atom stereocenters. The van der Waals surface area contributed by atoms with Gasteiger partial charge in [0.2, 0.25) is 11.8 Å². The SMILES string of the molecule is Cc1cc(NC(=O)CSCC(=O)NCC2CCCCN2Cc2ccccc2)no1. The number of amides is 2. The van der Waals surface area contributed by atoms with Gasteiger partial charge in [0.1, 0.15) is 5.76 Å². The van der Waals surface area contributed by atoms with Crippen molar-refractivity contribution in [3.05, 3.63) is 47.7 Å². The van der Waals surface area contributed by atoms with E-state index in [2.05, 4.69) is 45.0 Å². The van der Waals surface area contributed by atoms with Crippen molar-refractivity contribution in [2.75, 3.05) is 29.9 Å². The minimum atomic E-state index is -0.197. The van der Waals surface area contributed by atoms with Crippen LogP contribution in [0.25, 0.3) is 0 Å². The van der Waals surface area contributed by atoms with E-state index in [0.717, 1.165) is 19.5 Å². The third-order valence-electron chi connectivity index (χ3n) is 4.87. The first-order chi connectivity index (χ1) is 14.1. The van der Waals surface area contributed by atoms with Crippen LogP contribution in [0.5, 0.6) is 0 Å². The summed E-state index contributed by atoms with van der Waals surface area (Å²) in [5.41, 5.74) is 1.30. The van der Waals surface area contributed by atoms with Crippen molar-refractivity contribution >= 4 is 29.4 Å². The van der Waals surface area contributed by atoms with E-state index in [1.54, 1.807) is 13.0 Å². The number of piperidine rings is 1. The van der Waals surface area contributed by atoms with Crippen LogP contribution in [0, 0.1) is 6.92 Å². The Morgan fingerprint density at radius 3 is 2.76 bits per heavy atom. The highest BCUT2D eigenvalue weighted by Gasteiger charge is 2.22. The van der Waals surface area contributed by atoms with E-state index in [9.17, 15) is 9.59 Å². The topological polar surface area (TPSA) is 87.5 Å². The molecule has 2 aromatic rings. The van der Waals surface area contributed by atoms with Crippen LogP contribution >= 0.6 is 11.8 Å². The Bertz CT molecular complexity index is 796. The molecule has 2 heterocycles. The number of likely N-dealkylation sites (tertiary alicyclic amines) is 1. The lowest BCUT2D eigenvalue weighted by molar-refractivity contribution is -0.118. The minimum absolute atomic E-state index is 0.0367. The number of hydrogen-bond donors (Lipinski definition) is 2. The van der Waals surface area contributed by atoms with Gasteiger partial charge in [0.15, 0.2) is 5.82 Å². The van der Waals surface area contributed by atoms with E-state index in [-0.39, 0.29) is 23.3 Å². The van der Waals surface area contributed by atoms with Crippen LogP contribution in [-0.2, 0) is 16.1 Å². The zero-order chi connectivity index (χ0) is 20.5. The van der Waals surface area contributed by atoms with Gasteiger partial charge in [-0.05, 0) is 31.9 Å². The molecule has 1 aliphatic heterocycles. The molecule has 0 radical (unpaired) electrons. The van der Waals surface area contributed by atoms with Crippen molar-refractivity contribution in [3.8, 4) is 0 Å². The van der Waals surface area contributed by atoms with E-state index in [1.807, 2.05) is 6.07 Å². The van der Waals surface area contributed by atoms with Gasteiger partial charge in [0.05, 0.1) is 11.5 Å². The second kappa shape index (κ2) is 11.0. The average Bonchev–Trinajstić information content (AvgIpc) is 3.12. The summed E-state index contributed by atoms with van der Waals surface area (Å²) in [7, 11) is 0. The summed E-state index contributed by atoms with van der Waals surface area (Å²) in [6.07, 6.45) is 3.50. The van der Waals surface area contributed by atoms with Crippen LogP contribution < -0.4 is 10.6 Å². The molecule has 2 amide bonds. The maximum absolute atomic E-state index is 12.2. The number of carbonyl (C=O) groups excluding carboxylic acids is 2. The number of hydrogen-bond acceptors (Lipinski definition) is 6. The summed E-state index contributed by atoms with van der Waals surface area (Å²) in [6.45, 7) is 4.38. The first-order valence-corrected chi connectivity index (χ1v) is 11.1. The van der Waals surface area contributed by atoms with Gasteiger partial charge in [0.25, 0.3) is 0 Å². The number of aryl methyl sites for hydroxylation is 1. The molecule has 0 spiro atoms. The third kappa shape index (κ3) is 7.21. The lowest BCUT2D eigenvalue weighted by atomic mass is 10.0. The van der Waals surface area contributed by atoms with Crippen molar-refractivity contribution in [1.82, 2.24) is 15.4 Å². The number of benzene rings is 1. The van der Waals surface area contributed by atoms with E-state index >= 15 is 0 Å². The predicted octanol–water partition coefficient (Wildman–Crippen LogP) is 2.83. The Morgan fingerprint density at radius 2 is 2.00 bits per heavy atom. The Balaban J connectivity index is 1.35. The number of nitrogens with zero attached hydrogens (tertiary/aromatic N) is 2. The summed E-state index contributed by atoms with van der Waals surface area (Å²) >= 11 is 1.29. The van der Waals surface area contributed by atoms with Gasteiger partial charge in [-0.25, -0.2) is 0 Å². The zero-order valence-electron chi connectivity index (χ0n) is 16.7. The number of aromatic nitrogens is 1. The second-order valence-corrected chi connectivity index (χ2v) is 8.26. The molecule has 1 unspecified atom stereocenters. The first kappa shape index (κ1) is 21.4. The monoisotopic (exact) mass is 416 g/mol. The fraction of sp³-hybridized carbons (Fsp3) is 0.476. The van der Waals surface area contributed by atoms with E-state index in [4.69, 9.17) is 4.52 Å². The molecule has 0 bridgehead atoms. The normalized spacial score (nSPS) is 17.1. The highest BCUT2D eigenvalue weighted by molar-refractivity contribution is 8.00. The number of thioether (sulfide) groups is 1. The molecule has 156 valence electrons. The van der Waals surface area contributed by atoms with E-state index in [1.165, 1.54) is 30.2 Å². The Morgan fingerprint density at radius 1 is 1.21 bits per heavy atom. The number of anilines is 1. The summed E-state index contributed by atoms with van der Waals surface area (Å²) < 4.78 is 4.90. The van der Waals surface area contributed by atoms with Gasteiger partial charge < -0.3 is 15.2 Å². The van der Waals surface area contributed by atoms with Gasteiger partial charge in [-0.1, -0.05) is 41.9 Å². The van der Waals surface area contributed by atoms with Crippen LogP contribution in [0.15, 0.2) is 40.9 Å². The summed E-state index contributed by atoms with van der Waals surface area (Å²) in [5, 5.41) is 9.40. The summed E-state index contributed by atoms with van der Waals surface area (Å²) in [5.74, 6) is 1.26. The minimum Gasteiger partial charge on any atom is -0.360 e. The largest absolute Gasteiger partial charge is 0.360 e. The molecule has 0 saturated carbocycles. The van der Waals surface area contributed by atoms with Crippen molar-refractivity contribution in [3.63, 3.8) is 0 Å².